The highest BCUT2D eigenvalue weighted by molar-refractivity contribution is 5.84. The SMILES string of the molecule is CN1CCC(c2ccc(-c3ccccc3-c3ccc4c(C#N)cnn4c3)cc2)CC1. The quantitative estimate of drug-likeness (QED) is 0.472. The molecule has 1 saturated heterocycles. The number of nitriles is 1. The van der Waals surface area contributed by atoms with Crippen molar-refractivity contribution < 1.29 is 0 Å². The van der Waals surface area contributed by atoms with Gasteiger partial charge in [0.05, 0.1) is 17.3 Å². The van der Waals surface area contributed by atoms with E-state index in [0.717, 1.165) is 11.1 Å². The van der Waals surface area contributed by atoms with Crippen LogP contribution in [-0.4, -0.2) is 34.7 Å². The molecule has 0 aliphatic carbocycles. The second-order valence-corrected chi connectivity index (χ2v) is 8.16. The third-order valence-corrected chi connectivity index (χ3v) is 6.29. The Kier molecular flexibility index (Phi) is 4.82. The predicted octanol–water partition coefficient (Wildman–Crippen LogP) is 5.35. The van der Waals surface area contributed by atoms with Crippen LogP contribution in [0.15, 0.2) is 73.1 Å². The fourth-order valence-corrected chi connectivity index (χ4v) is 4.49. The van der Waals surface area contributed by atoms with E-state index in [4.69, 9.17) is 0 Å². The molecule has 148 valence electrons. The fourth-order valence-electron chi connectivity index (χ4n) is 4.49. The Balaban J connectivity index is 1.49. The van der Waals surface area contributed by atoms with Crippen molar-refractivity contribution >= 4 is 5.52 Å². The zero-order valence-electron chi connectivity index (χ0n) is 17.1. The third-order valence-electron chi connectivity index (χ3n) is 6.29. The molecule has 4 aromatic rings. The Morgan fingerprint density at radius 1 is 0.900 bits per heavy atom. The van der Waals surface area contributed by atoms with Crippen LogP contribution in [0, 0.1) is 11.3 Å². The van der Waals surface area contributed by atoms with E-state index in [1.165, 1.54) is 48.2 Å². The molecule has 1 aliphatic heterocycles. The molecule has 4 heteroatoms. The number of likely N-dealkylation sites (tertiary alicyclic amines) is 1. The number of hydrogen-bond donors (Lipinski definition) is 0. The average Bonchev–Trinajstić information content (AvgIpc) is 3.22. The Morgan fingerprint density at radius 2 is 1.57 bits per heavy atom. The third kappa shape index (κ3) is 3.38. The summed E-state index contributed by atoms with van der Waals surface area (Å²) in [6.45, 7) is 2.36. The van der Waals surface area contributed by atoms with Crippen LogP contribution in [-0.2, 0) is 0 Å². The Bertz CT molecular complexity index is 1220. The van der Waals surface area contributed by atoms with E-state index >= 15 is 0 Å². The van der Waals surface area contributed by atoms with Gasteiger partial charge in [-0.2, -0.15) is 10.4 Å². The van der Waals surface area contributed by atoms with E-state index < -0.39 is 0 Å². The molecular formula is C26H24N4. The summed E-state index contributed by atoms with van der Waals surface area (Å²) in [6.07, 6.45) is 6.09. The van der Waals surface area contributed by atoms with Crippen LogP contribution in [0.2, 0.25) is 0 Å². The van der Waals surface area contributed by atoms with Gasteiger partial charge >= 0.3 is 0 Å². The van der Waals surface area contributed by atoms with Crippen molar-refractivity contribution in [2.24, 2.45) is 0 Å². The molecule has 2 aromatic carbocycles. The highest BCUT2D eigenvalue weighted by atomic mass is 15.2. The van der Waals surface area contributed by atoms with E-state index in [9.17, 15) is 5.26 Å². The van der Waals surface area contributed by atoms with Crippen molar-refractivity contribution in [1.82, 2.24) is 14.5 Å². The molecule has 30 heavy (non-hydrogen) atoms. The highest BCUT2D eigenvalue weighted by Gasteiger charge is 2.18. The Hall–Kier alpha value is -3.42. The smallest absolute Gasteiger partial charge is 0.103 e. The van der Waals surface area contributed by atoms with E-state index in [1.807, 2.05) is 12.3 Å². The lowest BCUT2D eigenvalue weighted by Crippen LogP contribution is -2.29. The normalized spacial score (nSPS) is 15.3. The first-order valence-corrected chi connectivity index (χ1v) is 10.5. The minimum atomic E-state index is 0.597. The van der Waals surface area contributed by atoms with Crippen LogP contribution in [0.1, 0.15) is 29.9 Å². The molecule has 0 unspecified atom stereocenters. The second kappa shape index (κ2) is 7.78. The first kappa shape index (κ1) is 18.6. The summed E-state index contributed by atoms with van der Waals surface area (Å²) in [6, 6.07) is 23.8. The van der Waals surface area contributed by atoms with Crippen molar-refractivity contribution in [2.75, 3.05) is 20.1 Å². The lowest BCUT2D eigenvalue weighted by Gasteiger charge is -2.29. The van der Waals surface area contributed by atoms with Gasteiger partial charge in [-0.3, -0.25) is 0 Å². The van der Waals surface area contributed by atoms with Gasteiger partial charge in [0, 0.05) is 11.8 Å². The Morgan fingerprint density at radius 3 is 2.27 bits per heavy atom. The fraction of sp³-hybridized carbons (Fsp3) is 0.231. The van der Waals surface area contributed by atoms with Gasteiger partial charge in [-0.25, -0.2) is 4.52 Å². The number of nitrogens with zero attached hydrogens (tertiary/aromatic N) is 4. The highest BCUT2D eigenvalue weighted by Crippen LogP contribution is 2.34. The number of hydrogen-bond acceptors (Lipinski definition) is 3. The standard InChI is InChI=1S/C26H24N4/c1-29-14-12-20(13-15-29)19-6-8-21(9-7-19)24-4-2-3-5-25(24)22-10-11-26-23(16-27)17-28-30(26)18-22/h2-11,17-18,20H,12-15H2,1H3. The van der Waals surface area contributed by atoms with Crippen molar-refractivity contribution in [2.45, 2.75) is 18.8 Å². The molecular weight excluding hydrogens is 368 g/mol. The van der Waals surface area contributed by atoms with Crippen molar-refractivity contribution in [3.63, 3.8) is 0 Å². The maximum atomic E-state index is 9.23. The molecule has 0 atom stereocenters. The van der Waals surface area contributed by atoms with Crippen LogP contribution < -0.4 is 0 Å². The monoisotopic (exact) mass is 392 g/mol. The van der Waals surface area contributed by atoms with E-state index in [0.29, 0.717) is 11.5 Å². The summed E-state index contributed by atoms with van der Waals surface area (Å²) >= 11 is 0. The molecule has 0 amide bonds. The predicted molar refractivity (Wildman–Crippen MR) is 120 cm³/mol. The summed E-state index contributed by atoms with van der Waals surface area (Å²) in [5, 5.41) is 13.6. The molecule has 5 rings (SSSR count). The molecule has 1 fully saturated rings. The number of fused-ring (bicyclic) bond motifs is 1. The van der Waals surface area contributed by atoms with Gasteiger partial charge < -0.3 is 4.90 Å². The van der Waals surface area contributed by atoms with Crippen LogP contribution >= 0.6 is 0 Å². The van der Waals surface area contributed by atoms with Crippen LogP contribution in [0.5, 0.6) is 0 Å². The molecule has 0 N–H and O–H groups in total. The van der Waals surface area contributed by atoms with Gasteiger partial charge in [0.15, 0.2) is 0 Å². The lowest BCUT2D eigenvalue weighted by molar-refractivity contribution is 0.255. The summed E-state index contributed by atoms with van der Waals surface area (Å²) < 4.78 is 1.79. The van der Waals surface area contributed by atoms with Crippen LogP contribution in [0.4, 0.5) is 0 Å². The van der Waals surface area contributed by atoms with Crippen LogP contribution in [0.3, 0.4) is 0 Å². The largest absolute Gasteiger partial charge is 0.306 e. The Labute approximate surface area is 177 Å². The number of benzene rings is 2. The van der Waals surface area contributed by atoms with Crippen LogP contribution in [0.25, 0.3) is 27.8 Å². The molecule has 3 heterocycles. The van der Waals surface area contributed by atoms with Crippen molar-refractivity contribution in [1.29, 1.82) is 5.26 Å². The topological polar surface area (TPSA) is 44.3 Å². The summed E-state index contributed by atoms with van der Waals surface area (Å²) in [7, 11) is 2.21. The molecule has 4 nitrogen and oxygen atoms in total. The zero-order valence-corrected chi connectivity index (χ0v) is 17.1. The minimum absolute atomic E-state index is 0.597. The van der Waals surface area contributed by atoms with Gasteiger partial charge in [0.25, 0.3) is 0 Å². The number of rotatable bonds is 3. The van der Waals surface area contributed by atoms with Gasteiger partial charge in [0.1, 0.15) is 6.07 Å². The molecule has 0 radical (unpaired) electrons. The van der Waals surface area contributed by atoms with E-state index in [-0.39, 0.29) is 0 Å². The molecule has 0 saturated carbocycles. The lowest BCUT2D eigenvalue weighted by atomic mass is 9.88. The zero-order chi connectivity index (χ0) is 20.5. The molecule has 0 bridgehead atoms. The average molecular weight is 393 g/mol. The molecule has 1 aliphatic rings. The van der Waals surface area contributed by atoms with Gasteiger partial charge in [-0.05, 0) is 67.2 Å². The number of piperidine rings is 1. The number of pyridine rings is 1. The van der Waals surface area contributed by atoms with Gasteiger partial charge in [-0.1, -0.05) is 54.6 Å². The van der Waals surface area contributed by atoms with Gasteiger partial charge in [0.2, 0.25) is 0 Å². The molecule has 0 spiro atoms. The first-order chi connectivity index (χ1) is 14.7. The summed E-state index contributed by atoms with van der Waals surface area (Å²) in [4.78, 5) is 2.41. The first-order valence-electron chi connectivity index (χ1n) is 10.5. The summed E-state index contributed by atoms with van der Waals surface area (Å²) in [5.74, 6) is 0.669. The van der Waals surface area contributed by atoms with E-state index in [2.05, 4.69) is 77.7 Å². The molecule has 2 aromatic heterocycles. The minimum Gasteiger partial charge on any atom is -0.306 e. The number of aromatic nitrogens is 2. The summed E-state index contributed by atoms with van der Waals surface area (Å²) in [5.41, 5.74) is 7.57. The van der Waals surface area contributed by atoms with Crippen molar-refractivity contribution in [3.05, 3.63) is 84.2 Å². The maximum absolute atomic E-state index is 9.23. The second-order valence-electron chi connectivity index (χ2n) is 8.16. The van der Waals surface area contributed by atoms with Gasteiger partial charge in [-0.15, -0.1) is 0 Å². The van der Waals surface area contributed by atoms with E-state index in [1.54, 1.807) is 10.7 Å². The maximum Gasteiger partial charge on any atom is 0.103 e. The van der Waals surface area contributed by atoms with Crippen molar-refractivity contribution in [3.8, 4) is 28.3 Å².